The number of hydrogen-bond acceptors (Lipinski definition) is 3. The van der Waals surface area contributed by atoms with Crippen molar-refractivity contribution in [1.29, 1.82) is 0 Å². The molecule has 8 heteroatoms. The number of rotatable bonds is 2. The summed E-state index contributed by atoms with van der Waals surface area (Å²) in [6.07, 6.45) is -8.16. The van der Waals surface area contributed by atoms with E-state index >= 15 is 0 Å². The van der Waals surface area contributed by atoms with Gasteiger partial charge in [0.05, 0.1) is 10.5 Å². The van der Waals surface area contributed by atoms with Crippen LogP contribution in [-0.4, -0.2) is 16.2 Å². The maximum Gasteiger partial charge on any atom is 0.418 e. The number of hydrogen-bond donors (Lipinski definition) is 1. The zero-order valence-corrected chi connectivity index (χ0v) is 7.53. The van der Waals surface area contributed by atoms with Crippen LogP contribution in [0.1, 0.15) is 11.7 Å². The summed E-state index contributed by atoms with van der Waals surface area (Å²) in [5.41, 5.74) is -2.09. The van der Waals surface area contributed by atoms with Gasteiger partial charge < -0.3 is 5.11 Å². The molecule has 0 aliphatic carbocycles. The molecular formula is C8H5F4NO3. The SMILES string of the molecule is O=[N+]([O-])c1ccc(F)cc1[C@H](O)C(F)(F)F. The summed E-state index contributed by atoms with van der Waals surface area (Å²) in [6.45, 7) is 0. The summed E-state index contributed by atoms with van der Waals surface area (Å²) in [6, 6.07) is 1.50. The number of aliphatic hydroxyl groups excluding tert-OH is 1. The Morgan fingerprint density at radius 2 is 1.94 bits per heavy atom. The molecule has 1 rings (SSSR count). The Kier molecular flexibility index (Phi) is 3.13. The van der Waals surface area contributed by atoms with E-state index in [0.29, 0.717) is 12.1 Å². The average molecular weight is 239 g/mol. The molecular weight excluding hydrogens is 234 g/mol. The molecule has 0 saturated carbocycles. The second kappa shape index (κ2) is 4.05. The van der Waals surface area contributed by atoms with Gasteiger partial charge in [-0.2, -0.15) is 13.2 Å². The van der Waals surface area contributed by atoms with Crippen molar-refractivity contribution >= 4 is 5.69 Å². The highest BCUT2D eigenvalue weighted by Gasteiger charge is 2.42. The van der Waals surface area contributed by atoms with Gasteiger partial charge in [0.2, 0.25) is 0 Å². The number of aliphatic hydroxyl groups is 1. The molecule has 1 aromatic carbocycles. The quantitative estimate of drug-likeness (QED) is 0.489. The van der Waals surface area contributed by atoms with Gasteiger partial charge in [-0.3, -0.25) is 10.1 Å². The van der Waals surface area contributed by atoms with E-state index in [9.17, 15) is 27.7 Å². The Morgan fingerprint density at radius 3 is 2.38 bits per heavy atom. The van der Waals surface area contributed by atoms with Crippen LogP contribution in [0.5, 0.6) is 0 Å². The fourth-order valence-electron chi connectivity index (χ4n) is 1.09. The van der Waals surface area contributed by atoms with Gasteiger partial charge in [0.25, 0.3) is 5.69 Å². The van der Waals surface area contributed by atoms with Crippen molar-refractivity contribution < 1.29 is 27.6 Å². The van der Waals surface area contributed by atoms with Gasteiger partial charge in [-0.25, -0.2) is 4.39 Å². The summed E-state index contributed by atoms with van der Waals surface area (Å²) in [4.78, 5) is 9.25. The van der Waals surface area contributed by atoms with Crippen LogP contribution in [0.4, 0.5) is 23.2 Å². The molecule has 0 spiro atoms. The highest BCUT2D eigenvalue weighted by Crippen LogP contribution is 2.37. The second-order valence-electron chi connectivity index (χ2n) is 2.90. The van der Waals surface area contributed by atoms with Gasteiger partial charge in [0, 0.05) is 6.07 Å². The van der Waals surface area contributed by atoms with Crippen molar-refractivity contribution in [3.05, 3.63) is 39.7 Å². The molecule has 0 radical (unpaired) electrons. The Hall–Kier alpha value is -1.70. The second-order valence-corrected chi connectivity index (χ2v) is 2.90. The van der Waals surface area contributed by atoms with E-state index in [1.54, 1.807) is 0 Å². The number of nitro groups is 1. The first kappa shape index (κ1) is 12.4. The number of nitrogens with zero attached hydrogens (tertiary/aromatic N) is 1. The third-order valence-corrected chi connectivity index (χ3v) is 1.79. The van der Waals surface area contributed by atoms with Crippen molar-refractivity contribution in [1.82, 2.24) is 0 Å². The maximum atomic E-state index is 12.7. The zero-order valence-electron chi connectivity index (χ0n) is 7.53. The van der Waals surface area contributed by atoms with Crippen LogP contribution in [0.3, 0.4) is 0 Å². The fourth-order valence-corrected chi connectivity index (χ4v) is 1.09. The normalized spacial score (nSPS) is 13.6. The minimum atomic E-state index is -5.08. The van der Waals surface area contributed by atoms with Crippen LogP contribution in [0, 0.1) is 15.9 Å². The predicted molar refractivity (Wildman–Crippen MR) is 44.1 cm³/mol. The lowest BCUT2D eigenvalue weighted by Gasteiger charge is -2.14. The molecule has 0 saturated heterocycles. The standard InChI is InChI=1S/C8H5F4NO3/c9-4-1-2-6(13(15)16)5(3-4)7(14)8(10,11)12/h1-3,7,14H/t7-/m0/s1. The number of alkyl halides is 3. The molecule has 0 heterocycles. The molecule has 1 aromatic rings. The minimum Gasteiger partial charge on any atom is -0.379 e. The third-order valence-electron chi connectivity index (χ3n) is 1.79. The lowest BCUT2D eigenvalue weighted by atomic mass is 10.1. The summed E-state index contributed by atoms with van der Waals surface area (Å²) in [7, 11) is 0. The van der Waals surface area contributed by atoms with Crippen LogP contribution < -0.4 is 0 Å². The van der Waals surface area contributed by atoms with E-state index in [-0.39, 0.29) is 6.07 Å². The van der Waals surface area contributed by atoms with Crippen LogP contribution in [0.15, 0.2) is 18.2 Å². The van der Waals surface area contributed by atoms with Crippen LogP contribution in [0.2, 0.25) is 0 Å². The summed E-state index contributed by atoms with van der Waals surface area (Å²) < 4.78 is 49.0. The molecule has 0 amide bonds. The van der Waals surface area contributed by atoms with Gasteiger partial charge in [-0.05, 0) is 12.1 Å². The summed E-state index contributed by atoms with van der Waals surface area (Å²) in [5, 5.41) is 19.2. The molecule has 0 bridgehead atoms. The third kappa shape index (κ3) is 2.45. The van der Waals surface area contributed by atoms with Crippen LogP contribution in [-0.2, 0) is 0 Å². The summed E-state index contributed by atoms with van der Waals surface area (Å²) >= 11 is 0. The molecule has 0 unspecified atom stereocenters. The molecule has 0 aliphatic heterocycles. The Morgan fingerprint density at radius 1 is 1.38 bits per heavy atom. The highest BCUT2D eigenvalue weighted by molar-refractivity contribution is 5.42. The highest BCUT2D eigenvalue weighted by atomic mass is 19.4. The van der Waals surface area contributed by atoms with Gasteiger partial charge in [-0.15, -0.1) is 0 Å². The topological polar surface area (TPSA) is 63.4 Å². The molecule has 88 valence electrons. The van der Waals surface area contributed by atoms with Crippen LogP contribution in [0.25, 0.3) is 0 Å². The van der Waals surface area contributed by atoms with Gasteiger partial charge in [-0.1, -0.05) is 0 Å². The van der Waals surface area contributed by atoms with E-state index in [0.717, 1.165) is 0 Å². The molecule has 0 aromatic heterocycles. The zero-order chi connectivity index (χ0) is 12.5. The molecule has 1 N–H and O–H groups in total. The molecule has 1 atom stereocenters. The predicted octanol–water partition coefficient (Wildman–Crippen LogP) is 2.33. The van der Waals surface area contributed by atoms with Gasteiger partial charge in [0.15, 0.2) is 6.10 Å². The van der Waals surface area contributed by atoms with Crippen molar-refractivity contribution in [2.75, 3.05) is 0 Å². The largest absolute Gasteiger partial charge is 0.418 e. The van der Waals surface area contributed by atoms with Crippen molar-refractivity contribution in [2.45, 2.75) is 12.3 Å². The molecule has 0 aliphatic rings. The minimum absolute atomic E-state index is 0.288. The smallest absolute Gasteiger partial charge is 0.379 e. The first-order valence-corrected chi connectivity index (χ1v) is 3.92. The fraction of sp³-hybridized carbons (Fsp3) is 0.250. The summed E-state index contributed by atoms with van der Waals surface area (Å²) in [5.74, 6) is -1.09. The lowest BCUT2D eigenvalue weighted by molar-refractivity contribution is -0.387. The number of nitro benzene ring substituents is 1. The van der Waals surface area contributed by atoms with E-state index in [4.69, 9.17) is 5.11 Å². The first-order valence-electron chi connectivity index (χ1n) is 3.92. The van der Waals surface area contributed by atoms with Crippen molar-refractivity contribution in [2.24, 2.45) is 0 Å². The molecule has 4 nitrogen and oxygen atoms in total. The molecule has 16 heavy (non-hydrogen) atoms. The van der Waals surface area contributed by atoms with E-state index in [2.05, 4.69) is 0 Å². The number of halogens is 4. The maximum absolute atomic E-state index is 12.7. The van der Waals surface area contributed by atoms with Gasteiger partial charge in [0.1, 0.15) is 5.82 Å². The van der Waals surface area contributed by atoms with E-state index < -0.39 is 34.3 Å². The Bertz CT molecular complexity index is 418. The lowest BCUT2D eigenvalue weighted by Crippen LogP contribution is -2.21. The van der Waals surface area contributed by atoms with E-state index in [1.165, 1.54) is 0 Å². The number of benzene rings is 1. The monoisotopic (exact) mass is 239 g/mol. The van der Waals surface area contributed by atoms with Gasteiger partial charge >= 0.3 is 6.18 Å². The Balaban J connectivity index is 3.30. The van der Waals surface area contributed by atoms with Crippen LogP contribution >= 0.6 is 0 Å². The van der Waals surface area contributed by atoms with Crippen molar-refractivity contribution in [3.63, 3.8) is 0 Å². The average Bonchev–Trinajstić information content (AvgIpc) is 2.14. The first-order chi connectivity index (χ1) is 7.23. The Labute approximate surface area is 86.3 Å². The van der Waals surface area contributed by atoms with Crippen molar-refractivity contribution in [3.8, 4) is 0 Å². The van der Waals surface area contributed by atoms with E-state index in [1.807, 2.05) is 0 Å². The molecule has 0 fully saturated rings.